The fraction of sp³-hybridized carbons (Fsp3) is 0.333. The topological polar surface area (TPSA) is 127 Å². The monoisotopic (exact) mass is 644 g/mol. The van der Waals surface area contributed by atoms with Gasteiger partial charge >= 0.3 is 0 Å². The number of halogens is 3. The normalized spacial score (nSPS) is 18.6. The Kier molecular flexibility index (Phi) is 8.12. The first-order valence-corrected chi connectivity index (χ1v) is 15.9. The van der Waals surface area contributed by atoms with E-state index in [9.17, 15) is 22.0 Å². The lowest BCUT2D eigenvalue weighted by atomic mass is 10.2. The molecule has 1 atom stereocenters. The molecule has 6 heterocycles. The number of rotatable bonds is 5. The van der Waals surface area contributed by atoms with Crippen LogP contribution >= 0.6 is 0 Å². The van der Waals surface area contributed by atoms with Crippen molar-refractivity contribution in [1.29, 1.82) is 0 Å². The number of hydrogen-bond acceptors (Lipinski definition) is 10. The van der Waals surface area contributed by atoms with Crippen molar-refractivity contribution in [3.05, 3.63) is 65.9 Å². The van der Waals surface area contributed by atoms with Crippen LogP contribution in [0.1, 0.15) is 36.7 Å². The largest absolute Gasteiger partial charge is 0.489 e. The maximum absolute atomic E-state index is 14.7. The minimum Gasteiger partial charge on any atom is -0.489 e. The van der Waals surface area contributed by atoms with Gasteiger partial charge in [0.15, 0.2) is 23.1 Å². The summed E-state index contributed by atoms with van der Waals surface area (Å²) in [5, 5.41) is 3.41. The summed E-state index contributed by atoms with van der Waals surface area (Å²) < 4.78 is 65.1. The summed E-state index contributed by atoms with van der Waals surface area (Å²) in [6.07, 6.45) is 5.40. The summed E-state index contributed by atoms with van der Waals surface area (Å²) in [5.41, 5.74) is -0.384. The van der Waals surface area contributed by atoms with Crippen LogP contribution in [0.4, 0.5) is 30.8 Å². The van der Waals surface area contributed by atoms with Gasteiger partial charge < -0.3 is 24.6 Å². The maximum atomic E-state index is 14.7. The number of carbonyl (C=O) groups excluding carboxylic acids is 1. The van der Waals surface area contributed by atoms with Gasteiger partial charge in [0.2, 0.25) is 15.3 Å². The number of nitrogens with one attached hydrogen (secondary N) is 1. The van der Waals surface area contributed by atoms with Crippen LogP contribution in [-0.4, -0.2) is 67.6 Å². The van der Waals surface area contributed by atoms with Crippen molar-refractivity contribution in [1.82, 2.24) is 20.3 Å². The maximum Gasteiger partial charge on any atom is 0.251 e. The predicted octanol–water partition coefficient (Wildman–Crippen LogP) is 4.47. The standard InChI is InChI=1S/C30H28F2N6O5S.FH.H2/c31-22-11-19(12-25-28(22)43-9-5-26(32)44(25,40)41)30(39)35-16-20-13-23-18(15-33-20)3-4-27(36-23)38-8-10-42-24-14-21(17-34-29(24)38)37-6-1-2-7-37;;/h3-4,11-15,17,26H,1-2,5-10,16H2,(H,35,39);2*1H/t26-;;/m1../s1. The molecule has 15 heteroatoms. The summed E-state index contributed by atoms with van der Waals surface area (Å²) in [4.78, 5) is 30.5. The molecule has 1 fully saturated rings. The zero-order valence-electron chi connectivity index (χ0n) is 23.9. The lowest BCUT2D eigenvalue weighted by Crippen LogP contribution is -2.30. The summed E-state index contributed by atoms with van der Waals surface area (Å²) in [7, 11) is -4.52. The summed E-state index contributed by atoms with van der Waals surface area (Å²) in [6, 6.07) is 9.36. The fourth-order valence-corrected chi connectivity index (χ4v) is 7.01. The van der Waals surface area contributed by atoms with Gasteiger partial charge in [0.05, 0.1) is 42.8 Å². The molecular formula is C30H31F3N6O5S. The number of benzene rings is 1. The average molecular weight is 645 g/mol. The van der Waals surface area contributed by atoms with Crippen LogP contribution in [0, 0.1) is 5.82 Å². The van der Waals surface area contributed by atoms with Crippen molar-refractivity contribution in [2.45, 2.75) is 36.2 Å². The first-order chi connectivity index (χ1) is 21.3. The molecule has 0 bridgehead atoms. The highest BCUT2D eigenvalue weighted by atomic mass is 32.2. The third kappa shape index (κ3) is 5.67. The minimum absolute atomic E-state index is 0. The molecule has 7 rings (SSSR count). The molecule has 0 unspecified atom stereocenters. The predicted molar refractivity (Wildman–Crippen MR) is 162 cm³/mol. The third-order valence-corrected chi connectivity index (χ3v) is 9.77. The van der Waals surface area contributed by atoms with Crippen molar-refractivity contribution in [2.24, 2.45) is 0 Å². The van der Waals surface area contributed by atoms with Gasteiger partial charge in [-0.05, 0) is 43.2 Å². The van der Waals surface area contributed by atoms with Crippen molar-refractivity contribution >= 4 is 44.0 Å². The van der Waals surface area contributed by atoms with Crippen LogP contribution in [0.3, 0.4) is 0 Å². The van der Waals surface area contributed by atoms with E-state index in [1.165, 1.54) is 12.8 Å². The van der Waals surface area contributed by atoms with Gasteiger partial charge in [0.25, 0.3) is 5.91 Å². The van der Waals surface area contributed by atoms with E-state index < -0.39 is 44.1 Å². The van der Waals surface area contributed by atoms with Gasteiger partial charge in [-0.25, -0.2) is 27.2 Å². The number of hydrogen-bond donors (Lipinski definition) is 1. The number of amides is 1. The number of ether oxygens (including phenoxy) is 2. The number of pyridine rings is 3. The summed E-state index contributed by atoms with van der Waals surface area (Å²) >= 11 is 0. The molecule has 1 aromatic carbocycles. The number of aromatic nitrogens is 3. The second-order valence-electron chi connectivity index (χ2n) is 10.8. The SMILES string of the molecule is F.O=C(NCc1cc2nc(N3CCOc4cc(N5CCCC5)cnc43)ccc2cn1)c1cc(F)c2c(c1)S(=O)(=O)[C@@H](F)CCO2.[HH]. The van der Waals surface area contributed by atoms with Gasteiger partial charge in [-0.3, -0.25) is 14.5 Å². The van der Waals surface area contributed by atoms with Gasteiger partial charge in [0.1, 0.15) is 17.3 Å². The molecule has 45 heavy (non-hydrogen) atoms. The summed E-state index contributed by atoms with van der Waals surface area (Å²) in [6.45, 7) is 2.72. The van der Waals surface area contributed by atoms with Crippen LogP contribution in [-0.2, 0) is 16.4 Å². The molecule has 1 saturated heterocycles. The Labute approximate surface area is 258 Å². The number of sulfone groups is 1. The molecule has 3 aromatic heterocycles. The second kappa shape index (κ2) is 12.0. The van der Waals surface area contributed by atoms with E-state index in [1.807, 2.05) is 29.3 Å². The lowest BCUT2D eigenvalue weighted by Gasteiger charge is -2.30. The van der Waals surface area contributed by atoms with Crippen LogP contribution < -0.4 is 24.6 Å². The van der Waals surface area contributed by atoms with Crippen molar-refractivity contribution < 1.29 is 37.6 Å². The minimum atomic E-state index is -4.52. The van der Waals surface area contributed by atoms with Crippen LogP contribution in [0.25, 0.3) is 10.9 Å². The Morgan fingerprint density at radius 1 is 1.04 bits per heavy atom. The molecule has 0 saturated carbocycles. The first kappa shape index (κ1) is 30.4. The van der Waals surface area contributed by atoms with Gasteiger partial charge in [-0.15, -0.1) is 0 Å². The average Bonchev–Trinajstić information content (AvgIpc) is 3.55. The van der Waals surface area contributed by atoms with Crippen molar-refractivity contribution in [3.8, 4) is 11.5 Å². The molecule has 238 valence electrons. The molecule has 1 N–H and O–H groups in total. The Bertz CT molecular complexity index is 1900. The molecule has 11 nitrogen and oxygen atoms in total. The zero-order chi connectivity index (χ0) is 30.4. The van der Waals surface area contributed by atoms with E-state index in [0.717, 1.165) is 36.3 Å². The molecule has 0 spiro atoms. The zero-order valence-corrected chi connectivity index (χ0v) is 24.7. The van der Waals surface area contributed by atoms with E-state index in [1.54, 1.807) is 12.3 Å². The second-order valence-corrected chi connectivity index (χ2v) is 12.8. The molecule has 1 amide bonds. The molecule has 3 aliphatic rings. The van der Waals surface area contributed by atoms with E-state index in [2.05, 4.69) is 15.2 Å². The van der Waals surface area contributed by atoms with Crippen LogP contribution in [0.15, 0.2) is 53.7 Å². The van der Waals surface area contributed by atoms with E-state index in [4.69, 9.17) is 19.4 Å². The molecule has 0 radical (unpaired) electrons. The quantitative estimate of drug-likeness (QED) is 0.333. The number of alkyl halides is 1. The Hall–Kier alpha value is -4.66. The number of anilines is 3. The van der Waals surface area contributed by atoms with Gasteiger partial charge in [0, 0.05) is 44.1 Å². The van der Waals surface area contributed by atoms with E-state index in [-0.39, 0.29) is 24.8 Å². The Morgan fingerprint density at radius 2 is 1.87 bits per heavy atom. The number of nitrogens with zero attached hydrogens (tertiary/aromatic N) is 5. The van der Waals surface area contributed by atoms with Crippen molar-refractivity contribution in [2.75, 3.05) is 42.6 Å². The highest BCUT2D eigenvalue weighted by Gasteiger charge is 2.35. The van der Waals surface area contributed by atoms with E-state index >= 15 is 0 Å². The van der Waals surface area contributed by atoms with Crippen LogP contribution in [0.5, 0.6) is 11.5 Å². The van der Waals surface area contributed by atoms with Crippen molar-refractivity contribution in [3.63, 3.8) is 0 Å². The van der Waals surface area contributed by atoms with Gasteiger partial charge in [-0.1, -0.05) is 0 Å². The van der Waals surface area contributed by atoms with E-state index in [0.29, 0.717) is 41.7 Å². The van der Waals surface area contributed by atoms with Gasteiger partial charge in [-0.2, -0.15) is 0 Å². The molecule has 0 aliphatic carbocycles. The molecule has 4 aromatic rings. The third-order valence-electron chi connectivity index (χ3n) is 7.95. The smallest absolute Gasteiger partial charge is 0.251 e. The number of fused-ring (bicyclic) bond motifs is 3. The fourth-order valence-electron chi connectivity index (χ4n) is 5.62. The highest BCUT2D eigenvalue weighted by Crippen LogP contribution is 2.38. The molecule has 3 aliphatic heterocycles. The van der Waals surface area contributed by atoms with Crippen LogP contribution in [0.2, 0.25) is 0 Å². The first-order valence-electron chi connectivity index (χ1n) is 14.3. The summed E-state index contributed by atoms with van der Waals surface area (Å²) in [5.74, 6) is -0.320. The Morgan fingerprint density at radius 3 is 2.69 bits per heavy atom. The number of carbonyl (C=O) groups is 1. The lowest BCUT2D eigenvalue weighted by molar-refractivity contribution is 0.0949. The molecular weight excluding hydrogens is 613 g/mol. The Balaban J connectivity index is 0.00000208. The highest BCUT2D eigenvalue weighted by molar-refractivity contribution is 7.92.